The maximum Gasteiger partial charge on any atom is 0.264 e. The molecule has 5 nitrogen and oxygen atoms in total. The average Bonchev–Trinajstić information content (AvgIpc) is 3.47. The zero-order valence-electron chi connectivity index (χ0n) is 18.6. The molecule has 1 atom stereocenters. The smallest absolute Gasteiger partial charge is 0.264 e. The van der Waals surface area contributed by atoms with E-state index in [-0.39, 0.29) is 12.0 Å². The lowest BCUT2D eigenvalue weighted by Crippen LogP contribution is -2.37. The number of carbonyl (C=O) groups excluding carboxylic acids is 1. The van der Waals surface area contributed by atoms with E-state index in [0.29, 0.717) is 34.6 Å². The number of nitrogens with zero attached hydrogens (tertiary/aromatic N) is 2. The summed E-state index contributed by atoms with van der Waals surface area (Å²) in [6.45, 7) is 5.55. The topological polar surface area (TPSA) is 51.7 Å². The quantitative estimate of drug-likeness (QED) is 0.310. The van der Waals surface area contributed by atoms with E-state index in [4.69, 9.17) is 26.1 Å². The van der Waals surface area contributed by atoms with E-state index in [1.807, 2.05) is 62.4 Å². The normalized spacial score (nSPS) is 15.9. The van der Waals surface area contributed by atoms with Crippen LogP contribution < -0.4 is 9.64 Å². The predicted octanol–water partition coefficient (Wildman–Crippen LogP) is 6.64. The number of thiazole rings is 1. The number of hydrogen-bond donors (Lipinski definition) is 0. The van der Waals surface area contributed by atoms with Crippen LogP contribution in [0.2, 0.25) is 5.02 Å². The third kappa shape index (κ3) is 4.31. The minimum atomic E-state index is -0.131. The first-order valence-electron chi connectivity index (χ1n) is 11.2. The third-order valence-electron chi connectivity index (χ3n) is 5.93. The first-order valence-corrected chi connectivity index (χ1v) is 12.4. The molecule has 0 radical (unpaired) electrons. The summed E-state index contributed by atoms with van der Waals surface area (Å²) >= 11 is 7.77. The predicted molar refractivity (Wildman–Crippen MR) is 135 cm³/mol. The highest BCUT2D eigenvalue weighted by Gasteiger charge is 2.30. The van der Waals surface area contributed by atoms with Crippen LogP contribution in [0.25, 0.3) is 21.0 Å². The van der Waals surface area contributed by atoms with Gasteiger partial charge in [0, 0.05) is 11.6 Å². The van der Waals surface area contributed by atoms with Gasteiger partial charge >= 0.3 is 0 Å². The van der Waals surface area contributed by atoms with Crippen molar-refractivity contribution in [1.29, 1.82) is 0 Å². The molecule has 0 spiro atoms. The fraction of sp³-hybridized carbons (Fsp3) is 0.308. The third-order valence-corrected chi connectivity index (χ3v) is 7.17. The van der Waals surface area contributed by atoms with E-state index >= 15 is 0 Å². The van der Waals surface area contributed by atoms with Crippen molar-refractivity contribution in [2.24, 2.45) is 0 Å². The van der Waals surface area contributed by atoms with Gasteiger partial charge in [-0.2, -0.15) is 0 Å². The van der Waals surface area contributed by atoms with Crippen molar-refractivity contribution in [2.75, 3.05) is 24.7 Å². The van der Waals surface area contributed by atoms with Crippen LogP contribution in [-0.2, 0) is 4.74 Å². The minimum absolute atomic E-state index is 0.0174. The van der Waals surface area contributed by atoms with Crippen LogP contribution >= 0.6 is 22.9 Å². The Morgan fingerprint density at radius 1 is 1.27 bits per heavy atom. The Labute approximate surface area is 201 Å². The number of aromatic nitrogens is 1. The Kier molecular flexibility index (Phi) is 6.23. The molecule has 33 heavy (non-hydrogen) atoms. The molecule has 2 heterocycles. The molecular weight excluding hydrogens is 456 g/mol. The Hall–Kier alpha value is -2.67. The minimum Gasteiger partial charge on any atom is -0.493 e. The molecule has 0 saturated carbocycles. The Balaban J connectivity index is 1.65. The van der Waals surface area contributed by atoms with Crippen molar-refractivity contribution < 1.29 is 14.3 Å². The van der Waals surface area contributed by atoms with Crippen molar-refractivity contribution in [3.05, 3.63) is 64.7 Å². The van der Waals surface area contributed by atoms with E-state index < -0.39 is 0 Å². The van der Waals surface area contributed by atoms with E-state index in [0.717, 1.165) is 46.0 Å². The Morgan fingerprint density at radius 3 is 2.91 bits per heavy atom. The largest absolute Gasteiger partial charge is 0.493 e. The molecule has 1 aliphatic heterocycles. The van der Waals surface area contributed by atoms with E-state index in [2.05, 4.69) is 0 Å². The number of aryl methyl sites for hydroxylation is 1. The van der Waals surface area contributed by atoms with E-state index in [9.17, 15) is 4.79 Å². The molecule has 1 amide bonds. The molecule has 170 valence electrons. The van der Waals surface area contributed by atoms with Gasteiger partial charge < -0.3 is 9.47 Å². The summed E-state index contributed by atoms with van der Waals surface area (Å²) in [5, 5.41) is 3.17. The zero-order chi connectivity index (χ0) is 22.9. The van der Waals surface area contributed by atoms with Crippen LogP contribution in [0.15, 0.2) is 48.5 Å². The molecule has 0 aliphatic carbocycles. The van der Waals surface area contributed by atoms with Crippen LogP contribution in [0.1, 0.15) is 35.7 Å². The van der Waals surface area contributed by atoms with Crippen molar-refractivity contribution in [3.8, 4) is 5.75 Å². The van der Waals surface area contributed by atoms with Gasteiger partial charge in [0.1, 0.15) is 5.75 Å². The average molecular weight is 481 g/mol. The van der Waals surface area contributed by atoms with Crippen molar-refractivity contribution in [2.45, 2.75) is 32.8 Å². The molecule has 1 saturated heterocycles. The van der Waals surface area contributed by atoms with Crippen molar-refractivity contribution >= 4 is 55.0 Å². The fourth-order valence-electron chi connectivity index (χ4n) is 4.38. The molecule has 3 aromatic carbocycles. The second kappa shape index (κ2) is 9.29. The number of benzene rings is 3. The van der Waals surface area contributed by atoms with Crippen LogP contribution in [-0.4, -0.2) is 36.8 Å². The van der Waals surface area contributed by atoms with Gasteiger partial charge in [-0.25, -0.2) is 4.98 Å². The van der Waals surface area contributed by atoms with Crippen LogP contribution in [0.4, 0.5) is 5.13 Å². The highest BCUT2D eigenvalue weighted by Crippen LogP contribution is 2.36. The maximum absolute atomic E-state index is 14.2. The van der Waals surface area contributed by atoms with Gasteiger partial charge in [0.2, 0.25) is 0 Å². The van der Waals surface area contributed by atoms with Gasteiger partial charge in [-0.05, 0) is 61.2 Å². The number of rotatable bonds is 6. The molecule has 0 bridgehead atoms. The second-order valence-corrected chi connectivity index (χ2v) is 9.66. The van der Waals surface area contributed by atoms with Crippen LogP contribution in [0.5, 0.6) is 5.75 Å². The number of fused-ring (bicyclic) bond motifs is 2. The molecule has 1 unspecified atom stereocenters. The lowest BCUT2D eigenvalue weighted by Gasteiger charge is -2.24. The van der Waals surface area contributed by atoms with Gasteiger partial charge in [0.15, 0.2) is 5.13 Å². The molecule has 1 aromatic heterocycles. The van der Waals surface area contributed by atoms with E-state index in [1.165, 1.54) is 11.3 Å². The van der Waals surface area contributed by atoms with Crippen molar-refractivity contribution in [1.82, 2.24) is 4.98 Å². The highest BCUT2D eigenvalue weighted by molar-refractivity contribution is 7.22. The number of anilines is 1. The molecule has 1 fully saturated rings. The first kappa shape index (κ1) is 22.1. The maximum atomic E-state index is 14.2. The molecule has 0 N–H and O–H groups in total. The SMILES string of the molecule is CCOc1ccc2ccccc2c1C(=O)N(CC1CCCO1)c1nc2c(C)cc(Cl)cc2s1. The van der Waals surface area contributed by atoms with Gasteiger partial charge in [0.05, 0.1) is 35.0 Å². The van der Waals surface area contributed by atoms with Crippen LogP contribution in [0.3, 0.4) is 0 Å². The summed E-state index contributed by atoms with van der Waals surface area (Å²) in [5.74, 6) is 0.451. The molecule has 7 heteroatoms. The van der Waals surface area contributed by atoms with Gasteiger partial charge in [-0.1, -0.05) is 53.3 Å². The lowest BCUT2D eigenvalue weighted by molar-refractivity contribution is 0.0916. The monoisotopic (exact) mass is 480 g/mol. The van der Waals surface area contributed by atoms with Gasteiger partial charge in [-0.3, -0.25) is 9.69 Å². The number of hydrogen-bond acceptors (Lipinski definition) is 5. The number of amides is 1. The highest BCUT2D eigenvalue weighted by atomic mass is 35.5. The Bertz CT molecular complexity index is 1330. The summed E-state index contributed by atoms with van der Waals surface area (Å²) in [5.41, 5.74) is 2.42. The lowest BCUT2D eigenvalue weighted by atomic mass is 10.0. The Morgan fingerprint density at radius 2 is 2.12 bits per heavy atom. The van der Waals surface area contributed by atoms with Crippen LogP contribution in [0, 0.1) is 6.92 Å². The summed E-state index contributed by atoms with van der Waals surface area (Å²) in [6, 6.07) is 15.6. The number of carbonyl (C=O) groups is 1. The number of ether oxygens (including phenoxy) is 2. The molecule has 5 rings (SSSR count). The molecule has 4 aromatic rings. The summed E-state index contributed by atoms with van der Waals surface area (Å²) in [7, 11) is 0. The van der Waals surface area contributed by atoms with E-state index in [1.54, 1.807) is 4.90 Å². The summed E-state index contributed by atoms with van der Waals surface area (Å²) < 4.78 is 12.8. The molecule has 1 aliphatic rings. The second-order valence-electron chi connectivity index (χ2n) is 8.21. The van der Waals surface area contributed by atoms with Gasteiger partial charge in [0.25, 0.3) is 5.91 Å². The summed E-state index contributed by atoms with van der Waals surface area (Å²) in [6.07, 6.45) is 1.91. The summed E-state index contributed by atoms with van der Waals surface area (Å²) in [4.78, 5) is 20.8. The van der Waals surface area contributed by atoms with Gasteiger partial charge in [-0.15, -0.1) is 0 Å². The molecular formula is C26H25ClN2O3S. The van der Waals surface area contributed by atoms with Crippen molar-refractivity contribution in [3.63, 3.8) is 0 Å². The first-order chi connectivity index (χ1) is 16.0. The zero-order valence-corrected chi connectivity index (χ0v) is 20.2. The number of halogens is 1. The fourth-order valence-corrected chi connectivity index (χ4v) is 5.81. The standard InChI is InChI=1S/C26H25ClN2O3S/c1-3-31-21-11-10-17-7-4-5-9-20(17)23(21)25(30)29(15-19-8-6-12-32-19)26-28-24-16(2)13-18(27)14-22(24)33-26/h4-5,7,9-11,13-14,19H,3,6,8,12,15H2,1-2H3.